The van der Waals surface area contributed by atoms with E-state index in [1.807, 2.05) is 11.4 Å². The number of hydrogen-bond donors (Lipinski definition) is 3. The van der Waals surface area contributed by atoms with E-state index in [4.69, 9.17) is 5.84 Å². The molecular weight excluding hydrogens is 174 g/mol. The molecule has 2 aromatic heterocycles. The molecule has 0 spiro atoms. The van der Waals surface area contributed by atoms with E-state index in [1.54, 1.807) is 17.4 Å². The Labute approximate surface area is 72.3 Å². The summed E-state index contributed by atoms with van der Waals surface area (Å²) in [5.74, 6) is 4.69. The largest absolute Gasteiger partial charge is 0.342 e. The molecule has 0 bridgehead atoms. The van der Waals surface area contributed by atoms with Crippen LogP contribution in [0.3, 0.4) is 0 Å². The summed E-state index contributed by atoms with van der Waals surface area (Å²) in [6.07, 6.45) is 0. The van der Waals surface area contributed by atoms with Crippen molar-refractivity contribution in [1.29, 1.82) is 0 Å². The fourth-order valence-corrected chi connectivity index (χ4v) is 1.83. The number of nitrogens with one attached hydrogen (secondary N) is 2. The molecule has 0 aliphatic heterocycles. The Hall–Kier alpha value is -1.33. The van der Waals surface area contributed by atoms with Gasteiger partial charge in [-0.15, -0.1) is 11.3 Å². The van der Waals surface area contributed by atoms with Gasteiger partial charge in [0.2, 0.25) is 0 Å². The molecule has 0 aliphatic carbocycles. The second-order valence-corrected chi connectivity index (χ2v) is 3.28. The zero-order valence-corrected chi connectivity index (χ0v) is 6.94. The van der Waals surface area contributed by atoms with Crippen LogP contribution in [-0.4, -0.2) is 10.9 Å². The molecule has 5 heteroatoms. The Bertz CT molecular complexity index is 388. The number of fused-ring (bicyclic) bond motifs is 1. The predicted molar refractivity (Wildman–Crippen MR) is 47.8 cm³/mol. The highest BCUT2D eigenvalue weighted by molar-refractivity contribution is 7.16. The van der Waals surface area contributed by atoms with Crippen LogP contribution in [0.1, 0.15) is 10.5 Å². The van der Waals surface area contributed by atoms with Crippen molar-refractivity contribution in [3.05, 3.63) is 23.2 Å². The summed E-state index contributed by atoms with van der Waals surface area (Å²) in [6.45, 7) is 0. The summed E-state index contributed by atoms with van der Waals surface area (Å²) < 4.78 is 0. The normalized spacial score (nSPS) is 10.4. The first-order chi connectivity index (χ1) is 5.81. The van der Waals surface area contributed by atoms with Crippen LogP contribution in [0.2, 0.25) is 0 Å². The highest BCUT2D eigenvalue weighted by Gasteiger charge is 2.07. The molecule has 1 amide bonds. The topological polar surface area (TPSA) is 70.9 Å². The van der Waals surface area contributed by atoms with Gasteiger partial charge >= 0.3 is 0 Å². The van der Waals surface area contributed by atoms with Gasteiger partial charge < -0.3 is 4.98 Å². The van der Waals surface area contributed by atoms with Crippen LogP contribution in [0.5, 0.6) is 0 Å². The lowest BCUT2D eigenvalue weighted by Crippen LogP contribution is -2.30. The second kappa shape index (κ2) is 2.62. The van der Waals surface area contributed by atoms with Gasteiger partial charge in [-0.1, -0.05) is 0 Å². The minimum atomic E-state index is -0.293. The summed E-state index contributed by atoms with van der Waals surface area (Å²) in [7, 11) is 0. The summed E-state index contributed by atoms with van der Waals surface area (Å²) in [5, 5.41) is 3.00. The third kappa shape index (κ3) is 0.992. The number of H-pyrrole nitrogens is 1. The van der Waals surface area contributed by atoms with Crippen molar-refractivity contribution in [2.45, 2.75) is 0 Å². The number of carbonyl (C=O) groups excluding carboxylic acids is 1. The van der Waals surface area contributed by atoms with Crippen molar-refractivity contribution in [1.82, 2.24) is 10.4 Å². The first kappa shape index (κ1) is 7.33. The van der Waals surface area contributed by atoms with E-state index < -0.39 is 0 Å². The smallest absolute Gasteiger partial charge is 0.281 e. The molecule has 0 fully saturated rings. The summed E-state index contributed by atoms with van der Waals surface area (Å²) in [4.78, 5) is 15.0. The third-order valence-corrected chi connectivity index (χ3v) is 2.47. The Balaban J connectivity index is 2.51. The number of carbonyl (C=O) groups is 1. The number of nitrogen functional groups attached to an aromatic ring is 1. The average Bonchev–Trinajstić information content (AvgIpc) is 2.60. The second-order valence-electron chi connectivity index (χ2n) is 2.36. The molecule has 0 atom stereocenters. The van der Waals surface area contributed by atoms with Crippen molar-refractivity contribution in [2.75, 3.05) is 0 Å². The molecule has 0 aromatic carbocycles. The Morgan fingerprint density at radius 1 is 1.67 bits per heavy atom. The minimum absolute atomic E-state index is 0.293. The standard InChI is InChI=1S/C7H7N3OS/c8-10-6(11)5-3-4-1-2-12-7(4)9-5/h1-3,9H,8H2,(H,10,11). The molecule has 12 heavy (non-hydrogen) atoms. The van der Waals surface area contributed by atoms with Crippen molar-refractivity contribution in [3.63, 3.8) is 0 Å². The average molecular weight is 181 g/mol. The van der Waals surface area contributed by atoms with Crippen molar-refractivity contribution >= 4 is 27.5 Å². The Morgan fingerprint density at radius 3 is 3.17 bits per heavy atom. The van der Waals surface area contributed by atoms with Crippen LogP contribution >= 0.6 is 11.3 Å². The molecule has 0 saturated heterocycles. The zero-order chi connectivity index (χ0) is 8.55. The van der Waals surface area contributed by atoms with Crippen LogP contribution in [0, 0.1) is 0 Å². The fraction of sp³-hybridized carbons (Fsp3) is 0. The summed E-state index contributed by atoms with van der Waals surface area (Å²) in [5.41, 5.74) is 2.57. The highest BCUT2D eigenvalue weighted by Crippen LogP contribution is 2.20. The van der Waals surface area contributed by atoms with Gasteiger partial charge in [-0.25, -0.2) is 5.84 Å². The van der Waals surface area contributed by atoms with Crippen molar-refractivity contribution in [2.24, 2.45) is 5.84 Å². The maximum atomic E-state index is 11.0. The van der Waals surface area contributed by atoms with Crippen molar-refractivity contribution < 1.29 is 4.79 Å². The first-order valence-corrected chi connectivity index (χ1v) is 4.26. The molecule has 0 unspecified atom stereocenters. The van der Waals surface area contributed by atoms with E-state index in [-0.39, 0.29) is 5.91 Å². The molecule has 4 nitrogen and oxygen atoms in total. The lowest BCUT2D eigenvalue weighted by Gasteiger charge is -1.92. The lowest BCUT2D eigenvalue weighted by molar-refractivity contribution is 0.0949. The van der Waals surface area contributed by atoms with E-state index in [1.165, 1.54) is 0 Å². The number of hydrogen-bond acceptors (Lipinski definition) is 3. The number of aromatic nitrogens is 1. The molecule has 0 saturated carbocycles. The molecule has 2 heterocycles. The maximum Gasteiger partial charge on any atom is 0.281 e. The molecule has 2 aromatic rings. The van der Waals surface area contributed by atoms with Crippen LogP contribution in [0.25, 0.3) is 10.2 Å². The van der Waals surface area contributed by atoms with E-state index in [0.29, 0.717) is 5.69 Å². The summed E-state index contributed by atoms with van der Waals surface area (Å²) >= 11 is 1.56. The number of aromatic amines is 1. The van der Waals surface area contributed by atoms with E-state index in [2.05, 4.69) is 10.4 Å². The van der Waals surface area contributed by atoms with Gasteiger partial charge in [-0.05, 0) is 17.5 Å². The summed E-state index contributed by atoms with van der Waals surface area (Å²) in [6, 6.07) is 3.72. The van der Waals surface area contributed by atoms with Crippen LogP contribution in [0.15, 0.2) is 17.5 Å². The van der Waals surface area contributed by atoms with Crippen LogP contribution < -0.4 is 11.3 Å². The predicted octanol–water partition coefficient (Wildman–Crippen LogP) is 0.833. The molecule has 0 aliphatic rings. The molecule has 0 radical (unpaired) electrons. The first-order valence-electron chi connectivity index (χ1n) is 3.38. The van der Waals surface area contributed by atoms with Gasteiger partial charge in [-0.2, -0.15) is 0 Å². The quantitative estimate of drug-likeness (QED) is 0.346. The molecule has 62 valence electrons. The van der Waals surface area contributed by atoms with Gasteiger partial charge in [0.05, 0.1) is 0 Å². The maximum absolute atomic E-state index is 11.0. The highest BCUT2D eigenvalue weighted by atomic mass is 32.1. The minimum Gasteiger partial charge on any atom is -0.342 e. The zero-order valence-electron chi connectivity index (χ0n) is 6.13. The SMILES string of the molecule is NNC(=O)c1cc2ccsc2[nH]1. The monoisotopic (exact) mass is 181 g/mol. The van der Waals surface area contributed by atoms with Gasteiger partial charge in [0.25, 0.3) is 5.91 Å². The van der Waals surface area contributed by atoms with Gasteiger partial charge in [0.1, 0.15) is 10.5 Å². The number of nitrogens with two attached hydrogens (primary N) is 1. The fourth-order valence-electron chi connectivity index (χ4n) is 1.05. The van der Waals surface area contributed by atoms with Crippen molar-refractivity contribution in [3.8, 4) is 0 Å². The Kier molecular flexibility index (Phi) is 1.60. The van der Waals surface area contributed by atoms with Gasteiger partial charge in [0.15, 0.2) is 0 Å². The third-order valence-electron chi connectivity index (χ3n) is 1.62. The van der Waals surface area contributed by atoms with E-state index in [0.717, 1.165) is 10.2 Å². The number of hydrazine groups is 1. The van der Waals surface area contributed by atoms with Crippen LogP contribution in [-0.2, 0) is 0 Å². The molecule has 4 N–H and O–H groups in total. The number of rotatable bonds is 1. The lowest BCUT2D eigenvalue weighted by atomic mass is 10.3. The molecule has 2 rings (SSSR count). The van der Waals surface area contributed by atoms with Crippen LogP contribution in [0.4, 0.5) is 0 Å². The Morgan fingerprint density at radius 2 is 2.50 bits per heavy atom. The number of amides is 1. The van der Waals surface area contributed by atoms with Gasteiger partial charge in [0, 0.05) is 5.39 Å². The van der Waals surface area contributed by atoms with E-state index in [9.17, 15) is 4.79 Å². The van der Waals surface area contributed by atoms with E-state index >= 15 is 0 Å². The van der Waals surface area contributed by atoms with Gasteiger partial charge in [-0.3, -0.25) is 10.2 Å². The molecular formula is C7H7N3OS. The number of thiophene rings is 1.